The highest BCUT2D eigenvalue weighted by molar-refractivity contribution is 7.99. The van der Waals surface area contributed by atoms with Crippen molar-refractivity contribution in [2.24, 2.45) is 0 Å². The van der Waals surface area contributed by atoms with Crippen LogP contribution in [0, 0.1) is 11.8 Å². The molecule has 0 saturated carbocycles. The second-order valence-electron chi connectivity index (χ2n) is 3.36. The Kier molecular flexibility index (Phi) is 6.44. The van der Waals surface area contributed by atoms with E-state index >= 15 is 0 Å². The lowest BCUT2D eigenvalue weighted by Gasteiger charge is -2.08. The van der Waals surface area contributed by atoms with E-state index in [-0.39, 0.29) is 0 Å². The van der Waals surface area contributed by atoms with Crippen molar-refractivity contribution in [1.82, 2.24) is 5.32 Å². The summed E-state index contributed by atoms with van der Waals surface area (Å²) >= 11 is 1.37. The van der Waals surface area contributed by atoms with Crippen LogP contribution in [0.4, 0.5) is 0 Å². The summed E-state index contributed by atoms with van der Waals surface area (Å²) in [5, 5.41) is 11.0. The number of carboxylic acids is 1. The number of carbonyl (C=O) groups excluding carboxylic acids is 1. The van der Waals surface area contributed by atoms with Gasteiger partial charge in [0.25, 0.3) is 0 Å². The van der Waals surface area contributed by atoms with Crippen LogP contribution in [0.1, 0.15) is 5.56 Å². The highest BCUT2D eigenvalue weighted by Crippen LogP contribution is 2.02. The molecule has 0 aromatic heterocycles. The molecule has 1 atom stereocenters. The van der Waals surface area contributed by atoms with Crippen molar-refractivity contribution in [2.75, 3.05) is 11.5 Å². The Balaban J connectivity index is 2.32. The number of aliphatic carboxylic acids is 1. The molecule has 0 fully saturated rings. The fourth-order valence-electron chi connectivity index (χ4n) is 1.16. The van der Waals surface area contributed by atoms with E-state index in [9.17, 15) is 9.59 Å². The van der Waals surface area contributed by atoms with Crippen LogP contribution in [-0.4, -0.2) is 35.0 Å². The Bertz CT molecular complexity index is 450. The lowest BCUT2D eigenvalue weighted by molar-refractivity contribution is -0.139. The average Bonchev–Trinajstić information content (AvgIpc) is 2.38. The highest BCUT2D eigenvalue weighted by Gasteiger charge is 2.15. The molecule has 0 heterocycles. The zero-order chi connectivity index (χ0) is 13.2. The van der Waals surface area contributed by atoms with E-state index in [0.717, 1.165) is 5.56 Å². The van der Waals surface area contributed by atoms with Gasteiger partial charge in [-0.2, -0.15) is 0 Å². The Morgan fingerprint density at radius 3 is 2.78 bits per heavy atom. The monoisotopic (exact) mass is 263 g/mol. The predicted octanol–water partition coefficient (Wildman–Crippen LogP) is 0.971. The maximum absolute atomic E-state index is 10.7. The smallest absolute Gasteiger partial charge is 0.327 e. The van der Waals surface area contributed by atoms with Crippen molar-refractivity contribution in [2.45, 2.75) is 6.04 Å². The average molecular weight is 263 g/mol. The summed E-state index contributed by atoms with van der Waals surface area (Å²) in [6.45, 7) is 0. The largest absolute Gasteiger partial charge is 0.480 e. The summed E-state index contributed by atoms with van der Waals surface area (Å²) in [4.78, 5) is 20.9. The van der Waals surface area contributed by atoms with E-state index in [1.54, 1.807) is 0 Å². The van der Waals surface area contributed by atoms with Gasteiger partial charge in [0.1, 0.15) is 6.04 Å². The summed E-state index contributed by atoms with van der Waals surface area (Å²) in [5.74, 6) is 5.71. The quantitative estimate of drug-likeness (QED) is 0.456. The fraction of sp³-hybridized carbons (Fsp3) is 0.231. The second kappa shape index (κ2) is 8.20. The molecule has 0 radical (unpaired) electrons. The van der Waals surface area contributed by atoms with Gasteiger partial charge >= 0.3 is 5.97 Å². The number of rotatable bonds is 6. The molecule has 0 bridgehead atoms. The Hall–Kier alpha value is -1.93. The van der Waals surface area contributed by atoms with Crippen LogP contribution in [-0.2, 0) is 9.59 Å². The van der Waals surface area contributed by atoms with E-state index < -0.39 is 12.0 Å². The first-order valence-corrected chi connectivity index (χ1v) is 6.43. The van der Waals surface area contributed by atoms with Gasteiger partial charge in [-0.1, -0.05) is 30.0 Å². The minimum atomic E-state index is -1.04. The molecule has 1 aromatic rings. The van der Waals surface area contributed by atoms with Crippen molar-refractivity contribution in [3.8, 4) is 11.8 Å². The number of carbonyl (C=O) groups is 2. The number of amides is 1. The van der Waals surface area contributed by atoms with Crippen LogP contribution in [0.5, 0.6) is 0 Å². The maximum atomic E-state index is 10.7. The van der Waals surface area contributed by atoms with Gasteiger partial charge in [0, 0.05) is 11.3 Å². The molecule has 1 unspecified atom stereocenters. The number of hydrogen-bond donors (Lipinski definition) is 2. The molecule has 5 heteroatoms. The SMILES string of the molecule is O=CNC(CSCC#Cc1ccccc1)C(=O)O. The van der Waals surface area contributed by atoms with Crippen LogP contribution in [0.2, 0.25) is 0 Å². The number of thioether (sulfide) groups is 1. The van der Waals surface area contributed by atoms with E-state index in [1.165, 1.54) is 11.8 Å². The van der Waals surface area contributed by atoms with Crippen molar-refractivity contribution in [1.29, 1.82) is 0 Å². The van der Waals surface area contributed by atoms with Crippen molar-refractivity contribution < 1.29 is 14.7 Å². The molecule has 0 aliphatic rings. The molecule has 4 nitrogen and oxygen atoms in total. The summed E-state index contributed by atoms with van der Waals surface area (Å²) < 4.78 is 0. The normalized spacial score (nSPS) is 10.9. The highest BCUT2D eigenvalue weighted by atomic mass is 32.2. The van der Waals surface area contributed by atoms with Crippen LogP contribution in [0.3, 0.4) is 0 Å². The van der Waals surface area contributed by atoms with Gasteiger partial charge in [0.2, 0.25) is 6.41 Å². The summed E-state index contributed by atoms with van der Waals surface area (Å²) in [6.07, 6.45) is 0.398. The van der Waals surface area contributed by atoms with Crippen LogP contribution >= 0.6 is 11.8 Å². The lowest BCUT2D eigenvalue weighted by Crippen LogP contribution is -2.37. The van der Waals surface area contributed by atoms with E-state index in [0.29, 0.717) is 17.9 Å². The topological polar surface area (TPSA) is 66.4 Å². The lowest BCUT2D eigenvalue weighted by atomic mass is 10.2. The third kappa shape index (κ3) is 5.41. The van der Waals surface area contributed by atoms with Crippen LogP contribution in [0.15, 0.2) is 30.3 Å². The van der Waals surface area contributed by atoms with E-state index in [1.807, 2.05) is 30.3 Å². The third-order valence-electron chi connectivity index (χ3n) is 2.03. The Labute approximate surface area is 110 Å². The minimum absolute atomic E-state index is 0.303. The number of hydrogen-bond acceptors (Lipinski definition) is 3. The number of carboxylic acid groups (broad SMARTS) is 1. The first-order chi connectivity index (χ1) is 8.74. The van der Waals surface area contributed by atoms with Crippen molar-refractivity contribution in [3.63, 3.8) is 0 Å². The molecule has 0 saturated heterocycles. The van der Waals surface area contributed by atoms with Crippen molar-refractivity contribution >= 4 is 24.1 Å². The molecule has 1 aromatic carbocycles. The second-order valence-corrected chi connectivity index (χ2v) is 4.39. The van der Waals surface area contributed by atoms with E-state index in [2.05, 4.69) is 17.2 Å². The van der Waals surface area contributed by atoms with Crippen LogP contribution < -0.4 is 5.32 Å². The first kappa shape index (κ1) is 14.1. The summed E-state index contributed by atoms with van der Waals surface area (Å²) in [6, 6.07) is 8.70. The molecule has 1 amide bonds. The molecular weight excluding hydrogens is 250 g/mol. The van der Waals surface area contributed by atoms with Gasteiger partial charge in [0.15, 0.2) is 0 Å². The van der Waals surface area contributed by atoms with Crippen LogP contribution in [0.25, 0.3) is 0 Å². The summed E-state index contributed by atoms with van der Waals surface area (Å²) in [5.41, 5.74) is 0.930. The molecule has 0 aliphatic heterocycles. The molecule has 0 aliphatic carbocycles. The van der Waals surface area contributed by atoms with Crippen molar-refractivity contribution in [3.05, 3.63) is 35.9 Å². The van der Waals surface area contributed by atoms with Gasteiger partial charge in [0.05, 0.1) is 5.75 Å². The Morgan fingerprint density at radius 1 is 1.44 bits per heavy atom. The zero-order valence-electron chi connectivity index (χ0n) is 9.63. The summed E-state index contributed by atoms with van der Waals surface area (Å²) in [7, 11) is 0. The number of benzene rings is 1. The first-order valence-electron chi connectivity index (χ1n) is 5.28. The fourth-order valence-corrected chi connectivity index (χ4v) is 1.93. The Morgan fingerprint density at radius 2 is 2.17 bits per heavy atom. The standard InChI is InChI=1S/C13H13NO3S/c15-10-14-12(13(16)17)9-18-8-4-7-11-5-2-1-3-6-11/h1-3,5-6,10,12H,8-9H2,(H,14,15)(H,16,17). The van der Waals surface area contributed by atoms with Gasteiger partial charge in [-0.15, -0.1) is 11.8 Å². The zero-order valence-corrected chi connectivity index (χ0v) is 10.4. The van der Waals surface area contributed by atoms with Gasteiger partial charge in [-0.3, -0.25) is 4.79 Å². The van der Waals surface area contributed by atoms with Gasteiger partial charge < -0.3 is 10.4 Å². The van der Waals surface area contributed by atoms with Gasteiger partial charge in [-0.25, -0.2) is 4.79 Å². The predicted molar refractivity (Wildman–Crippen MR) is 71.3 cm³/mol. The molecule has 1 rings (SSSR count). The number of nitrogens with one attached hydrogen (secondary N) is 1. The molecule has 18 heavy (non-hydrogen) atoms. The molecule has 0 spiro atoms. The third-order valence-corrected chi connectivity index (χ3v) is 2.95. The van der Waals surface area contributed by atoms with Gasteiger partial charge in [-0.05, 0) is 12.1 Å². The van der Waals surface area contributed by atoms with E-state index in [4.69, 9.17) is 5.11 Å². The molecule has 94 valence electrons. The molecular formula is C13H13NO3S. The molecule has 2 N–H and O–H groups in total. The maximum Gasteiger partial charge on any atom is 0.327 e. The minimum Gasteiger partial charge on any atom is -0.480 e.